The van der Waals surface area contributed by atoms with E-state index in [-0.39, 0.29) is 12.2 Å². The SMILES string of the molecule is CC(=O)C(Cc1ccccc1)C(=O)NC(C)(O)CO. The van der Waals surface area contributed by atoms with E-state index in [1.54, 1.807) is 0 Å². The van der Waals surface area contributed by atoms with E-state index in [1.807, 2.05) is 30.3 Å². The maximum Gasteiger partial charge on any atom is 0.233 e. The lowest BCUT2D eigenvalue weighted by Gasteiger charge is -2.24. The monoisotopic (exact) mass is 265 g/mol. The Kier molecular flexibility index (Phi) is 5.20. The van der Waals surface area contributed by atoms with Crippen LogP contribution in [0.25, 0.3) is 0 Å². The molecule has 0 aliphatic rings. The topological polar surface area (TPSA) is 86.6 Å². The standard InChI is InChI=1S/C14H19NO4/c1-10(17)12(8-11-6-4-3-5-7-11)13(18)15-14(2,19)9-16/h3-7,12,16,19H,8-9H2,1-2H3,(H,15,18). The van der Waals surface area contributed by atoms with Crippen LogP contribution in [0.15, 0.2) is 30.3 Å². The average molecular weight is 265 g/mol. The first-order chi connectivity index (χ1) is 8.85. The average Bonchev–Trinajstić information content (AvgIpc) is 2.36. The summed E-state index contributed by atoms with van der Waals surface area (Å²) in [6, 6.07) is 9.16. The number of aliphatic hydroxyl groups is 2. The number of carbonyl (C=O) groups excluding carboxylic acids is 2. The molecular weight excluding hydrogens is 246 g/mol. The summed E-state index contributed by atoms with van der Waals surface area (Å²) in [6.45, 7) is 1.99. The van der Waals surface area contributed by atoms with Gasteiger partial charge in [-0.05, 0) is 25.8 Å². The van der Waals surface area contributed by atoms with Gasteiger partial charge in [-0.25, -0.2) is 0 Å². The third-order valence-corrected chi connectivity index (χ3v) is 2.79. The largest absolute Gasteiger partial charge is 0.391 e. The van der Waals surface area contributed by atoms with Crippen LogP contribution in [0.3, 0.4) is 0 Å². The molecule has 0 saturated carbocycles. The van der Waals surface area contributed by atoms with E-state index in [9.17, 15) is 14.7 Å². The summed E-state index contributed by atoms with van der Waals surface area (Å²) in [5.41, 5.74) is -0.858. The van der Waals surface area contributed by atoms with Crippen LogP contribution in [0.5, 0.6) is 0 Å². The summed E-state index contributed by atoms with van der Waals surface area (Å²) in [4.78, 5) is 23.5. The van der Waals surface area contributed by atoms with Gasteiger partial charge >= 0.3 is 0 Å². The van der Waals surface area contributed by atoms with Gasteiger partial charge in [0.2, 0.25) is 5.91 Å². The van der Waals surface area contributed by atoms with E-state index in [0.29, 0.717) is 0 Å². The van der Waals surface area contributed by atoms with E-state index in [2.05, 4.69) is 5.32 Å². The Hall–Kier alpha value is -1.72. The van der Waals surface area contributed by atoms with Crippen molar-refractivity contribution in [2.45, 2.75) is 26.0 Å². The fourth-order valence-electron chi connectivity index (χ4n) is 1.66. The number of aliphatic hydroxyl groups excluding tert-OH is 1. The predicted molar refractivity (Wildman–Crippen MR) is 70.2 cm³/mol. The molecule has 3 N–H and O–H groups in total. The first kappa shape index (κ1) is 15.3. The third kappa shape index (κ3) is 4.81. The zero-order chi connectivity index (χ0) is 14.5. The van der Waals surface area contributed by atoms with Crippen LogP contribution in [0.4, 0.5) is 0 Å². The lowest BCUT2D eigenvalue weighted by molar-refractivity contribution is -0.139. The van der Waals surface area contributed by atoms with Gasteiger partial charge in [0.05, 0.1) is 6.61 Å². The Morgan fingerprint density at radius 3 is 2.37 bits per heavy atom. The molecule has 104 valence electrons. The Labute approximate surface area is 112 Å². The quantitative estimate of drug-likeness (QED) is 0.508. The molecule has 0 heterocycles. The van der Waals surface area contributed by atoms with Crippen LogP contribution in [0.2, 0.25) is 0 Å². The van der Waals surface area contributed by atoms with Crippen molar-refractivity contribution in [3.05, 3.63) is 35.9 Å². The van der Waals surface area contributed by atoms with Gasteiger partial charge in [0, 0.05) is 0 Å². The van der Waals surface area contributed by atoms with E-state index in [1.165, 1.54) is 13.8 Å². The molecule has 1 rings (SSSR count). The lowest BCUT2D eigenvalue weighted by Crippen LogP contribution is -2.52. The molecule has 0 spiro atoms. The maximum atomic E-state index is 12.0. The number of hydrogen-bond acceptors (Lipinski definition) is 4. The molecule has 0 radical (unpaired) electrons. The normalized spacial score (nSPS) is 15.4. The summed E-state index contributed by atoms with van der Waals surface area (Å²) in [6.07, 6.45) is 0.267. The van der Waals surface area contributed by atoms with Gasteiger partial charge in [-0.3, -0.25) is 9.59 Å². The second kappa shape index (κ2) is 6.45. The first-order valence-corrected chi connectivity index (χ1v) is 6.05. The highest BCUT2D eigenvalue weighted by molar-refractivity contribution is 6.00. The molecular formula is C14H19NO4. The van der Waals surface area contributed by atoms with Crippen LogP contribution in [-0.4, -0.2) is 34.2 Å². The number of Topliss-reactive ketones (excluding diaryl/α,β-unsaturated/α-hetero) is 1. The van der Waals surface area contributed by atoms with Gasteiger partial charge in [-0.1, -0.05) is 30.3 Å². The van der Waals surface area contributed by atoms with Gasteiger partial charge in [0.25, 0.3) is 0 Å². The number of nitrogens with one attached hydrogen (secondary N) is 1. The van der Waals surface area contributed by atoms with Crippen molar-refractivity contribution in [2.75, 3.05) is 6.61 Å². The Bertz CT molecular complexity index is 442. The number of amides is 1. The van der Waals surface area contributed by atoms with Crippen molar-refractivity contribution in [3.63, 3.8) is 0 Å². The number of ketones is 1. The summed E-state index contributed by atoms with van der Waals surface area (Å²) in [5.74, 6) is -1.74. The maximum absolute atomic E-state index is 12.0. The van der Waals surface area contributed by atoms with E-state index in [4.69, 9.17) is 5.11 Å². The van der Waals surface area contributed by atoms with Crippen molar-refractivity contribution < 1.29 is 19.8 Å². The second-order valence-corrected chi connectivity index (χ2v) is 4.77. The van der Waals surface area contributed by atoms with E-state index >= 15 is 0 Å². The first-order valence-electron chi connectivity index (χ1n) is 6.05. The van der Waals surface area contributed by atoms with Crippen LogP contribution in [-0.2, 0) is 16.0 Å². The summed E-state index contributed by atoms with van der Waals surface area (Å²) in [5, 5.41) is 20.8. The van der Waals surface area contributed by atoms with Gasteiger partial charge in [-0.2, -0.15) is 0 Å². The van der Waals surface area contributed by atoms with Gasteiger partial charge < -0.3 is 15.5 Å². The van der Waals surface area contributed by atoms with Gasteiger partial charge in [0.1, 0.15) is 11.7 Å². The van der Waals surface area contributed by atoms with Crippen LogP contribution in [0, 0.1) is 5.92 Å². The van der Waals surface area contributed by atoms with Crippen molar-refractivity contribution in [1.29, 1.82) is 0 Å². The van der Waals surface area contributed by atoms with E-state index < -0.39 is 24.2 Å². The Morgan fingerprint density at radius 1 is 1.32 bits per heavy atom. The summed E-state index contributed by atoms with van der Waals surface area (Å²) in [7, 11) is 0. The van der Waals surface area contributed by atoms with Crippen molar-refractivity contribution >= 4 is 11.7 Å². The highest BCUT2D eigenvalue weighted by atomic mass is 16.3. The van der Waals surface area contributed by atoms with Crippen LogP contribution in [0.1, 0.15) is 19.4 Å². The van der Waals surface area contributed by atoms with Gasteiger partial charge in [0.15, 0.2) is 5.72 Å². The number of rotatable bonds is 6. The fraction of sp³-hybridized carbons (Fsp3) is 0.429. The molecule has 0 aromatic heterocycles. The van der Waals surface area contributed by atoms with Gasteiger partial charge in [-0.15, -0.1) is 0 Å². The van der Waals surface area contributed by atoms with Crippen molar-refractivity contribution in [1.82, 2.24) is 5.32 Å². The molecule has 0 bridgehead atoms. The minimum Gasteiger partial charge on any atom is -0.391 e. The van der Waals surface area contributed by atoms with Crippen molar-refractivity contribution in [2.24, 2.45) is 5.92 Å². The second-order valence-electron chi connectivity index (χ2n) is 4.77. The Morgan fingerprint density at radius 2 is 1.89 bits per heavy atom. The minimum atomic E-state index is -1.72. The number of hydrogen-bond donors (Lipinski definition) is 3. The molecule has 2 unspecified atom stereocenters. The summed E-state index contributed by atoms with van der Waals surface area (Å²) < 4.78 is 0. The van der Waals surface area contributed by atoms with Crippen molar-refractivity contribution in [3.8, 4) is 0 Å². The highest BCUT2D eigenvalue weighted by Crippen LogP contribution is 2.11. The summed E-state index contributed by atoms with van der Waals surface area (Å²) >= 11 is 0. The molecule has 0 saturated heterocycles. The minimum absolute atomic E-state index is 0.267. The smallest absolute Gasteiger partial charge is 0.233 e. The molecule has 5 heteroatoms. The molecule has 1 amide bonds. The molecule has 0 fully saturated rings. The fourth-order valence-corrected chi connectivity index (χ4v) is 1.66. The van der Waals surface area contributed by atoms with Crippen LogP contribution >= 0.6 is 0 Å². The number of carbonyl (C=O) groups is 2. The molecule has 1 aromatic rings. The van der Waals surface area contributed by atoms with E-state index in [0.717, 1.165) is 5.56 Å². The molecule has 2 atom stereocenters. The highest BCUT2D eigenvalue weighted by Gasteiger charge is 2.29. The molecule has 0 aliphatic heterocycles. The molecule has 19 heavy (non-hydrogen) atoms. The lowest BCUT2D eigenvalue weighted by atomic mass is 9.94. The zero-order valence-corrected chi connectivity index (χ0v) is 11.1. The Balaban J connectivity index is 2.78. The molecule has 0 aliphatic carbocycles. The molecule has 5 nitrogen and oxygen atoms in total. The predicted octanol–water partition coefficient (Wildman–Crippen LogP) is 0.251. The van der Waals surface area contributed by atoms with Crippen LogP contribution < -0.4 is 5.32 Å². The third-order valence-electron chi connectivity index (χ3n) is 2.79. The molecule has 1 aromatic carbocycles. The zero-order valence-electron chi connectivity index (χ0n) is 11.1. The number of benzene rings is 1.